The third-order valence-corrected chi connectivity index (χ3v) is 3.85. The fraction of sp³-hybridized carbons (Fsp3) is 1.00. The molecule has 0 amide bonds. The Hall–Kier alpha value is -0.130. The van der Waals surface area contributed by atoms with E-state index in [2.05, 4.69) is 9.62 Å². The molecule has 1 aliphatic rings. The van der Waals surface area contributed by atoms with Crippen LogP contribution < -0.4 is 4.72 Å². The summed E-state index contributed by atoms with van der Waals surface area (Å²) in [7, 11) is -1.01. The number of hydrogen-bond acceptors (Lipinski definition) is 3. The molecule has 0 aromatic heterocycles. The molecule has 0 spiro atoms. The minimum atomic E-state index is -3.02. The molecule has 0 aliphatic carbocycles. The Balaban J connectivity index is 2.40. The molecule has 4 nitrogen and oxygen atoms in total. The molecule has 0 radical (unpaired) electrons. The van der Waals surface area contributed by atoms with Crippen molar-refractivity contribution in [3.05, 3.63) is 0 Å². The number of rotatable bonds is 4. The van der Waals surface area contributed by atoms with Crippen molar-refractivity contribution in [1.29, 1.82) is 0 Å². The minimum Gasteiger partial charge on any atom is -0.305 e. The lowest BCUT2D eigenvalue weighted by Gasteiger charge is -2.12. The van der Waals surface area contributed by atoms with Crippen LogP contribution in [0.3, 0.4) is 0 Å². The minimum absolute atomic E-state index is 0.126. The van der Waals surface area contributed by atoms with Crippen molar-refractivity contribution >= 4 is 10.0 Å². The first-order valence-corrected chi connectivity index (χ1v) is 6.37. The van der Waals surface area contributed by atoms with E-state index in [0.29, 0.717) is 6.42 Å². The van der Waals surface area contributed by atoms with E-state index in [1.807, 2.05) is 14.0 Å². The fourth-order valence-corrected chi connectivity index (χ4v) is 2.97. The van der Waals surface area contributed by atoms with E-state index in [0.717, 1.165) is 19.5 Å². The smallest absolute Gasteiger partial charge is 0.211 e. The zero-order chi connectivity index (χ0) is 9.90. The molecule has 1 saturated heterocycles. The van der Waals surface area contributed by atoms with Crippen LogP contribution in [0.4, 0.5) is 0 Å². The van der Waals surface area contributed by atoms with Gasteiger partial charge in [0.15, 0.2) is 0 Å². The first kappa shape index (κ1) is 10.9. The number of nitrogens with one attached hydrogen (secondary N) is 1. The Morgan fingerprint density at radius 1 is 1.54 bits per heavy atom. The van der Waals surface area contributed by atoms with Crippen LogP contribution >= 0.6 is 0 Å². The quantitative estimate of drug-likeness (QED) is 0.705. The highest BCUT2D eigenvalue weighted by atomic mass is 32.2. The standard InChI is InChI=1S/C8H18N2O2S/c1-3-6-13(11,12)9-8-4-5-10(2)7-8/h8-9H,3-7H2,1-2H3/t8-/m1/s1. The topological polar surface area (TPSA) is 49.4 Å². The molecule has 1 atom stereocenters. The SMILES string of the molecule is CCCS(=O)(=O)N[C@@H]1CCN(C)C1. The van der Waals surface area contributed by atoms with Crippen molar-refractivity contribution in [2.75, 3.05) is 25.9 Å². The first-order chi connectivity index (χ1) is 6.03. The van der Waals surface area contributed by atoms with E-state index in [4.69, 9.17) is 0 Å². The summed E-state index contributed by atoms with van der Waals surface area (Å²) in [4.78, 5) is 2.14. The Labute approximate surface area is 80.4 Å². The molecular weight excluding hydrogens is 188 g/mol. The lowest BCUT2D eigenvalue weighted by Crippen LogP contribution is -2.37. The molecule has 0 aromatic rings. The van der Waals surface area contributed by atoms with Crippen molar-refractivity contribution in [1.82, 2.24) is 9.62 Å². The summed E-state index contributed by atoms with van der Waals surface area (Å²) in [6.07, 6.45) is 1.61. The van der Waals surface area contributed by atoms with Gasteiger partial charge in [0.05, 0.1) is 5.75 Å². The lowest BCUT2D eigenvalue weighted by atomic mass is 10.3. The number of likely N-dealkylation sites (N-methyl/N-ethyl adjacent to an activating group) is 1. The van der Waals surface area contributed by atoms with Crippen LogP contribution in [0.5, 0.6) is 0 Å². The van der Waals surface area contributed by atoms with Crippen LogP contribution in [0.15, 0.2) is 0 Å². The normalized spacial score (nSPS) is 25.2. The largest absolute Gasteiger partial charge is 0.305 e. The fourth-order valence-electron chi connectivity index (χ4n) is 1.61. The third-order valence-electron chi connectivity index (χ3n) is 2.21. The Morgan fingerprint density at radius 3 is 2.69 bits per heavy atom. The average Bonchev–Trinajstić information content (AvgIpc) is 2.34. The first-order valence-electron chi connectivity index (χ1n) is 4.72. The Kier molecular flexibility index (Phi) is 3.70. The van der Waals surface area contributed by atoms with E-state index in [1.54, 1.807) is 0 Å². The summed E-state index contributed by atoms with van der Waals surface area (Å²) >= 11 is 0. The molecule has 78 valence electrons. The molecule has 1 aliphatic heterocycles. The summed E-state index contributed by atoms with van der Waals surface area (Å²) in [5.41, 5.74) is 0. The summed E-state index contributed by atoms with van der Waals surface area (Å²) in [5.74, 6) is 0.243. The van der Waals surface area contributed by atoms with Gasteiger partial charge < -0.3 is 4.90 Å². The van der Waals surface area contributed by atoms with Crippen LogP contribution in [0.1, 0.15) is 19.8 Å². The summed E-state index contributed by atoms with van der Waals surface area (Å²) < 4.78 is 25.4. The van der Waals surface area contributed by atoms with E-state index in [9.17, 15) is 8.42 Å². The Morgan fingerprint density at radius 2 is 2.23 bits per heavy atom. The van der Waals surface area contributed by atoms with Gasteiger partial charge in [0.2, 0.25) is 10.0 Å². The van der Waals surface area contributed by atoms with Crippen molar-refractivity contribution in [2.45, 2.75) is 25.8 Å². The highest BCUT2D eigenvalue weighted by Crippen LogP contribution is 2.07. The molecule has 0 saturated carbocycles. The second-order valence-electron chi connectivity index (χ2n) is 3.68. The van der Waals surface area contributed by atoms with Gasteiger partial charge in [-0.25, -0.2) is 13.1 Å². The van der Waals surface area contributed by atoms with Crippen LogP contribution in [0, 0.1) is 0 Å². The molecule has 1 N–H and O–H groups in total. The van der Waals surface area contributed by atoms with Gasteiger partial charge in [0.1, 0.15) is 0 Å². The van der Waals surface area contributed by atoms with Crippen molar-refractivity contribution in [3.8, 4) is 0 Å². The van der Waals surface area contributed by atoms with Gasteiger partial charge in [-0.15, -0.1) is 0 Å². The molecular formula is C8H18N2O2S. The van der Waals surface area contributed by atoms with Crippen molar-refractivity contribution in [3.63, 3.8) is 0 Å². The van der Waals surface area contributed by atoms with Gasteiger partial charge >= 0.3 is 0 Å². The number of likely N-dealkylation sites (tertiary alicyclic amines) is 1. The third kappa shape index (κ3) is 3.62. The summed E-state index contributed by atoms with van der Waals surface area (Å²) in [5, 5.41) is 0. The molecule has 0 bridgehead atoms. The van der Waals surface area contributed by atoms with Crippen LogP contribution in [-0.4, -0.2) is 45.2 Å². The van der Waals surface area contributed by atoms with Gasteiger partial charge in [0, 0.05) is 12.6 Å². The molecule has 13 heavy (non-hydrogen) atoms. The maximum absolute atomic E-state index is 11.4. The average molecular weight is 206 g/mol. The van der Waals surface area contributed by atoms with Crippen LogP contribution in [0.2, 0.25) is 0 Å². The highest BCUT2D eigenvalue weighted by molar-refractivity contribution is 7.89. The molecule has 1 fully saturated rings. The van der Waals surface area contributed by atoms with Crippen molar-refractivity contribution < 1.29 is 8.42 Å². The van der Waals surface area contributed by atoms with Gasteiger partial charge in [-0.3, -0.25) is 0 Å². The predicted molar refractivity (Wildman–Crippen MR) is 53.1 cm³/mol. The zero-order valence-electron chi connectivity index (χ0n) is 8.28. The van der Waals surface area contributed by atoms with E-state index in [-0.39, 0.29) is 11.8 Å². The summed E-state index contributed by atoms with van der Waals surface area (Å²) in [6.45, 7) is 3.70. The zero-order valence-corrected chi connectivity index (χ0v) is 9.10. The molecule has 0 unspecified atom stereocenters. The Bertz CT molecular complexity index is 251. The van der Waals surface area contributed by atoms with Crippen molar-refractivity contribution in [2.24, 2.45) is 0 Å². The maximum atomic E-state index is 11.4. The number of hydrogen-bond donors (Lipinski definition) is 1. The molecule has 5 heteroatoms. The van der Waals surface area contributed by atoms with Gasteiger partial charge in [-0.05, 0) is 26.4 Å². The summed E-state index contributed by atoms with van der Waals surface area (Å²) in [6, 6.07) is 0.126. The molecule has 0 aromatic carbocycles. The van der Waals surface area contributed by atoms with Gasteiger partial charge in [-0.1, -0.05) is 6.92 Å². The van der Waals surface area contributed by atoms with Gasteiger partial charge in [-0.2, -0.15) is 0 Å². The second kappa shape index (κ2) is 4.39. The number of sulfonamides is 1. The van der Waals surface area contributed by atoms with Crippen LogP contribution in [0.25, 0.3) is 0 Å². The molecule has 1 heterocycles. The molecule has 1 rings (SSSR count). The highest BCUT2D eigenvalue weighted by Gasteiger charge is 2.23. The van der Waals surface area contributed by atoms with E-state index >= 15 is 0 Å². The van der Waals surface area contributed by atoms with E-state index < -0.39 is 10.0 Å². The van der Waals surface area contributed by atoms with Gasteiger partial charge in [0.25, 0.3) is 0 Å². The maximum Gasteiger partial charge on any atom is 0.211 e. The van der Waals surface area contributed by atoms with Crippen LogP contribution in [-0.2, 0) is 10.0 Å². The monoisotopic (exact) mass is 206 g/mol. The van der Waals surface area contributed by atoms with E-state index in [1.165, 1.54) is 0 Å². The predicted octanol–water partition coefficient (Wildman–Crippen LogP) is 0.0199. The lowest BCUT2D eigenvalue weighted by molar-refractivity contribution is 0.407. The number of nitrogens with zero attached hydrogens (tertiary/aromatic N) is 1. The second-order valence-corrected chi connectivity index (χ2v) is 5.56.